The molecule has 0 saturated heterocycles. The molecule has 0 radical (unpaired) electrons. The lowest BCUT2D eigenvalue weighted by Gasteiger charge is -2.30. The van der Waals surface area contributed by atoms with E-state index in [0.717, 1.165) is 53.4 Å². The molecule has 4 rings (SSSR count). The molecule has 1 heterocycles. The number of hydrogen-bond donors (Lipinski definition) is 3. The molecule has 33 heavy (non-hydrogen) atoms. The lowest BCUT2D eigenvalue weighted by Crippen LogP contribution is -2.28. The molecule has 0 bridgehead atoms. The molecule has 0 unspecified atom stereocenters. The van der Waals surface area contributed by atoms with Crippen LogP contribution in [0.2, 0.25) is 15.9 Å². The molecule has 1 aliphatic rings. The maximum absolute atomic E-state index is 12.4. The van der Waals surface area contributed by atoms with Gasteiger partial charge in [-0.3, -0.25) is 9.78 Å². The number of carbonyl (C=O) groups is 1. The quantitative estimate of drug-likeness (QED) is 0.231. The second-order valence-corrected chi connectivity index (χ2v) is 9.34. The molecule has 3 aromatic rings. The number of pyridine rings is 1. The van der Waals surface area contributed by atoms with Crippen LogP contribution in [0.1, 0.15) is 43.0 Å². The van der Waals surface area contributed by atoms with E-state index in [1.54, 1.807) is 25.3 Å². The third kappa shape index (κ3) is 5.27. The van der Waals surface area contributed by atoms with Gasteiger partial charge in [0.1, 0.15) is 0 Å². The van der Waals surface area contributed by atoms with Gasteiger partial charge >= 0.3 is 0 Å². The van der Waals surface area contributed by atoms with Crippen molar-refractivity contribution in [2.45, 2.75) is 44.5 Å². The van der Waals surface area contributed by atoms with Crippen LogP contribution in [-0.4, -0.2) is 36.1 Å². The van der Waals surface area contributed by atoms with Gasteiger partial charge in [-0.1, -0.05) is 42.1 Å². The number of phenolic OH excluding ortho intramolecular Hbond substituents is 1. The lowest BCUT2D eigenvalue weighted by molar-refractivity contribution is 0.101. The summed E-state index contributed by atoms with van der Waals surface area (Å²) in [6, 6.07) is 9.42. The van der Waals surface area contributed by atoms with Crippen LogP contribution in [0.5, 0.6) is 5.75 Å². The van der Waals surface area contributed by atoms with Crippen LogP contribution in [0.25, 0.3) is 22.0 Å². The third-order valence-electron chi connectivity index (χ3n) is 6.26. The molecule has 0 atom stereocenters. The minimum atomic E-state index is -0.141. The van der Waals surface area contributed by atoms with Gasteiger partial charge < -0.3 is 20.8 Å². The Morgan fingerprint density at radius 3 is 2.52 bits per heavy atom. The maximum Gasteiger partial charge on any atom is 0.279 e. The fourth-order valence-corrected chi connectivity index (χ4v) is 4.93. The van der Waals surface area contributed by atoms with Crippen LogP contribution in [0, 0.1) is 0 Å². The van der Waals surface area contributed by atoms with E-state index < -0.39 is 0 Å². The van der Waals surface area contributed by atoms with Gasteiger partial charge in [-0.05, 0) is 61.0 Å². The molecule has 1 aliphatic carbocycles. The molecular formula is C24H26BCl2N3O3. The molecule has 0 aliphatic heterocycles. The Morgan fingerprint density at radius 1 is 1.18 bits per heavy atom. The summed E-state index contributed by atoms with van der Waals surface area (Å²) in [4.78, 5) is 16.9. The zero-order valence-electron chi connectivity index (χ0n) is 18.4. The Labute approximate surface area is 203 Å². The number of Topliss-reactive ketones (excluding diaryl/α,β-unsaturated/α-hetero) is 1. The number of fused-ring (bicyclic) bond motifs is 1. The van der Waals surface area contributed by atoms with Gasteiger partial charge in [-0.25, -0.2) is 0 Å². The number of aromatic hydroxyl groups is 1. The molecule has 1 fully saturated rings. The first-order valence-electron chi connectivity index (χ1n) is 11.0. The number of rotatable bonds is 7. The number of hydrogen-bond acceptors (Lipinski definition) is 6. The molecule has 172 valence electrons. The number of carbonyl (C=O) groups excluding carboxylic acids is 1. The second kappa shape index (κ2) is 10.3. The van der Waals surface area contributed by atoms with Gasteiger partial charge in [-0.15, -0.1) is 0 Å². The number of benzene rings is 2. The van der Waals surface area contributed by atoms with E-state index in [9.17, 15) is 9.90 Å². The highest BCUT2D eigenvalue weighted by Gasteiger charge is 2.24. The minimum absolute atomic E-state index is 0.0435. The Bertz CT molecular complexity index is 1160. The molecule has 1 saturated carbocycles. The largest absolute Gasteiger partial charge is 0.505 e. The summed E-state index contributed by atoms with van der Waals surface area (Å²) >= 11 is 12.3. The maximum atomic E-state index is 12.4. The second-order valence-electron chi connectivity index (χ2n) is 8.52. The van der Waals surface area contributed by atoms with Crippen molar-refractivity contribution < 1.29 is 14.6 Å². The van der Waals surface area contributed by atoms with E-state index in [1.807, 2.05) is 18.2 Å². The predicted octanol–water partition coefficient (Wildman–Crippen LogP) is 5.54. The average Bonchev–Trinajstić information content (AvgIpc) is 2.81. The van der Waals surface area contributed by atoms with Crippen molar-refractivity contribution in [3.8, 4) is 16.9 Å². The Hall–Kier alpha value is -2.32. The number of phenols is 1. The Kier molecular flexibility index (Phi) is 7.44. The van der Waals surface area contributed by atoms with Crippen molar-refractivity contribution in [1.29, 1.82) is 0 Å². The molecule has 4 N–H and O–H groups in total. The molecule has 1 aromatic heterocycles. The highest BCUT2D eigenvalue weighted by Crippen LogP contribution is 2.39. The van der Waals surface area contributed by atoms with Gasteiger partial charge in [-0.2, -0.15) is 0 Å². The number of halogens is 2. The van der Waals surface area contributed by atoms with Crippen molar-refractivity contribution in [1.82, 2.24) is 4.98 Å². The Balaban J connectivity index is 1.69. The summed E-state index contributed by atoms with van der Waals surface area (Å²) in [5.41, 5.74) is 9.23. The van der Waals surface area contributed by atoms with Crippen molar-refractivity contribution in [3.63, 3.8) is 0 Å². The number of nitrogens with one attached hydrogen (secondary N) is 1. The summed E-state index contributed by atoms with van der Waals surface area (Å²) in [5.74, 6) is 0.333. The van der Waals surface area contributed by atoms with Crippen molar-refractivity contribution in [3.05, 3.63) is 52.1 Å². The van der Waals surface area contributed by atoms with Gasteiger partial charge in [0.2, 0.25) is 0 Å². The highest BCUT2D eigenvalue weighted by molar-refractivity contribution is 6.37. The lowest BCUT2D eigenvalue weighted by atomic mass is 9.69. The first-order valence-corrected chi connectivity index (χ1v) is 11.8. The molecular weight excluding hydrogens is 460 g/mol. The van der Waals surface area contributed by atoms with Gasteiger partial charge in [0, 0.05) is 17.6 Å². The molecule has 0 spiro atoms. The van der Waals surface area contributed by atoms with E-state index in [2.05, 4.69) is 10.3 Å². The van der Waals surface area contributed by atoms with E-state index in [4.69, 9.17) is 33.6 Å². The first kappa shape index (κ1) is 23.8. The van der Waals surface area contributed by atoms with Crippen LogP contribution >= 0.6 is 23.2 Å². The molecule has 2 aromatic carbocycles. The van der Waals surface area contributed by atoms with Crippen LogP contribution in [-0.2, 0) is 4.65 Å². The fourth-order valence-electron chi connectivity index (χ4n) is 4.44. The van der Waals surface area contributed by atoms with Crippen LogP contribution in [0.15, 0.2) is 36.5 Å². The van der Waals surface area contributed by atoms with Crippen LogP contribution in [0.4, 0.5) is 5.69 Å². The number of nitrogens with two attached hydrogens (primary N) is 1. The fraction of sp³-hybridized carbons (Fsp3) is 0.333. The van der Waals surface area contributed by atoms with Gasteiger partial charge in [0.05, 0.1) is 33.5 Å². The summed E-state index contributed by atoms with van der Waals surface area (Å²) < 4.78 is 5.38. The monoisotopic (exact) mass is 485 g/mol. The third-order valence-corrected chi connectivity index (χ3v) is 6.84. The molecule has 9 heteroatoms. The standard InChI is InChI=1S/C24H26BCl2N3O3/c1-13(31)19-11-29-22-7-2-14(15-9-20(26)24(32)21(27)10-15)8-18(22)23(19)30-17-5-3-16(4-6-17)25-33-12-28/h2,7-11,16-17,25,32H,3-6,12,28H2,1H3,(H,29,30)/t16-,17-. The van der Waals surface area contributed by atoms with Gasteiger partial charge in [0.15, 0.2) is 11.5 Å². The van der Waals surface area contributed by atoms with Crippen molar-refractivity contribution in [2.24, 2.45) is 5.73 Å². The number of nitrogens with zero attached hydrogens (tertiary/aromatic N) is 1. The normalized spacial score (nSPS) is 18.3. The summed E-state index contributed by atoms with van der Waals surface area (Å²) in [6.07, 6.45) is 5.71. The number of ketones is 1. The zero-order chi connectivity index (χ0) is 23.5. The Morgan fingerprint density at radius 2 is 1.88 bits per heavy atom. The zero-order valence-corrected chi connectivity index (χ0v) is 19.9. The van der Waals surface area contributed by atoms with Crippen molar-refractivity contribution in [2.75, 3.05) is 12.0 Å². The average molecular weight is 486 g/mol. The smallest absolute Gasteiger partial charge is 0.279 e. The summed E-state index contributed by atoms with van der Waals surface area (Å²) in [6.45, 7) is 1.81. The van der Waals surface area contributed by atoms with E-state index in [-0.39, 0.29) is 34.4 Å². The first-order chi connectivity index (χ1) is 15.9. The molecule has 6 nitrogen and oxygen atoms in total. The summed E-state index contributed by atoms with van der Waals surface area (Å²) in [5, 5.41) is 14.8. The van der Waals surface area contributed by atoms with E-state index in [0.29, 0.717) is 18.9 Å². The predicted molar refractivity (Wildman–Crippen MR) is 136 cm³/mol. The van der Waals surface area contributed by atoms with Crippen LogP contribution in [0.3, 0.4) is 0 Å². The molecule has 0 amide bonds. The van der Waals surface area contributed by atoms with E-state index >= 15 is 0 Å². The van der Waals surface area contributed by atoms with Crippen LogP contribution < -0.4 is 11.1 Å². The van der Waals surface area contributed by atoms with Crippen molar-refractivity contribution >= 4 is 53.1 Å². The highest BCUT2D eigenvalue weighted by atomic mass is 35.5. The number of anilines is 1. The summed E-state index contributed by atoms with van der Waals surface area (Å²) in [7, 11) is 0.696. The number of aromatic nitrogens is 1. The SMILES string of the molecule is CC(=O)c1cnc2ccc(-c3cc(Cl)c(O)c(Cl)c3)cc2c1N[C@H]1CC[C@H](BOCN)CC1. The van der Waals surface area contributed by atoms with E-state index in [1.165, 1.54) is 0 Å². The van der Waals surface area contributed by atoms with Gasteiger partial charge in [0.25, 0.3) is 7.48 Å². The topological polar surface area (TPSA) is 97.5 Å². The minimum Gasteiger partial charge on any atom is -0.505 e.